The van der Waals surface area contributed by atoms with Gasteiger partial charge in [-0.05, 0) is 44.0 Å². The van der Waals surface area contributed by atoms with Crippen LogP contribution in [0.3, 0.4) is 0 Å². The van der Waals surface area contributed by atoms with E-state index in [9.17, 15) is 18.0 Å². The van der Waals surface area contributed by atoms with Crippen LogP contribution in [-0.2, 0) is 19.6 Å². The number of esters is 1. The Morgan fingerprint density at radius 1 is 1.10 bits per heavy atom. The minimum Gasteiger partial charge on any atom is -0.496 e. The molecule has 9 heteroatoms. The van der Waals surface area contributed by atoms with Crippen molar-refractivity contribution in [3.05, 3.63) is 59.7 Å². The van der Waals surface area contributed by atoms with Gasteiger partial charge >= 0.3 is 5.97 Å². The van der Waals surface area contributed by atoms with Crippen molar-refractivity contribution >= 4 is 21.9 Å². The quantitative estimate of drug-likeness (QED) is 0.625. The molecule has 1 aliphatic rings. The van der Waals surface area contributed by atoms with Crippen LogP contribution < -0.4 is 10.1 Å². The molecule has 3 rings (SSSR count). The number of nitrogens with one attached hydrogen (secondary N) is 1. The summed E-state index contributed by atoms with van der Waals surface area (Å²) in [6, 6.07) is 12.6. The van der Waals surface area contributed by atoms with Gasteiger partial charge in [-0.1, -0.05) is 24.3 Å². The Morgan fingerprint density at radius 3 is 2.52 bits per heavy atom. The van der Waals surface area contributed by atoms with Gasteiger partial charge in [-0.15, -0.1) is 0 Å². The van der Waals surface area contributed by atoms with Crippen molar-refractivity contribution in [3.63, 3.8) is 0 Å². The Hall–Kier alpha value is -2.91. The van der Waals surface area contributed by atoms with E-state index in [-0.39, 0.29) is 16.5 Å². The molecule has 2 aromatic rings. The van der Waals surface area contributed by atoms with Crippen molar-refractivity contribution in [2.75, 3.05) is 26.8 Å². The molecule has 0 bridgehead atoms. The third kappa shape index (κ3) is 5.42. The number of benzene rings is 2. The number of hydrogen-bond acceptors (Lipinski definition) is 6. The molecule has 0 radical (unpaired) electrons. The molecule has 1 heterocycles. The monoisotopic (exact) mass is 446 g/mol. The maximum absolute atomic E-state index is 12.7. The van der Waals surface area contributed by atoms with E-state index in [1.54, 1.807) is 20.1 Å². The van der Waals surface area contributed by atoms with Crippen LogP contribution in [0.1, 0.15) is 41.7 Å². The van der Waals surface area contributed by atoms with Crippen molar-refractivity contribution in [1.29, 1.82) is 0 Å². The number of carbonyl (C=O) groups excluding carboxylic acids is 2. The molecular formula is C22H26N2O6S. The van der Waals surface area contributed by atoms with Gasteiger partial charge in [-0.3, -0.25) is 4.79 Å². The Kier molecular flexibility index (Phi) is 7.29. The van der Waals surface area contributed by atoms with Crippen molar-refractivity contribution in [2.24, 2.45) is 0 Å². The molecule has 0 aliphatic carbocycles. The number of para-hydroxylation sites is 1. The summed E-state index contributed by atoms with van der Waals surface area (Å²) in [4.78, 5) is 24.6. The zero-order chi connectivity index (χ0) is 22.4. The summed E-state index contributed by atoms with van der Waals surface area (Å²) in [6.45, 7) is 2.26. The third-order valence-corrected chi connectivity index (χ3v) is 6.98. The van der Waals surface area contributed by atoms with Crippen molar-refractivity contribution in [1.82, 2.24) is 9.62 Å². The predicted molar refractivity (Wildman–Crippen MR) is 114 cm³/mol. The van der Waals surface area contributed by atoms with E-state index >= 15 is 0 Å². The fourth-order valence-electron chi connectivity index (χ4n) is 3.46. The summed E-state index contributed by atoms with van der Waals surface area (Å²) in [5, 5.41) is 2.75. The van der Waals surface area contributed by atoms with Crippen LogP contribution in [-0.4, -0.2) is 51.4 Å². The predicted octanol–water partition coefficient (Wildman–Crippen LogP) is 2.51. The Morgan fingerprint density at radius 2 is 1.81 bits per heavy atom. The number of nitrogens with zero attached hydrogens (tertiary/aromatic N) is 1. The first-order valence-corrected chi connectivity index (χ1v) is 11.5. The summed E-state index contributed by atoms with van der Waals surface area (Å²) in [5.41, 5.74) is 0.871. The molecule has 0 aromatic heterocycles. The van der Waals surface area contributed by atoms with Gasteiger partial charge in [-0.25, -0.2) is 13.2 Å². The highest BCUT2D eigenvalue weighted by Gasteiger charge is 2.28. The standard InChI is InChI=1S/C22H26N2O6S/c1-16(19-10-3-4-11-20(19)29-2)23-21(25)15-30-22(26)17-8-7-9-18(14-17)31(27,28)24-12-5-6-13-24/h3-4,7-11,14,16H,5-6,12-13,15H2,1-2H3,(H,23,25). The lowest BCUT2D eigenvalue weighted by molar-refractivity contribution is -0.124. The van der Waals surface area contributed by atoms with Crippen molar-refractivity contribution in [3.8, 4) is 5.75 Å². The number of rotatable bonds is 8. The molecular weight excluding hydrogens is 420 g/mol. The maximum Gasteiger partial charge on any atom is 0.338 e. The minimum atomic E-state index is -3.64. The van der Waals surface area contributed by atoms with Gasteiger partial charge in [0.15, 0.2) is 6.61 Å². The van der Waals surface area contributed by atoms with E-state index in [1.165, 1.54) is 28.6 Å². The van der Waals surface area contributed by atoms with Crippen LogP contribution in [0.2, 0.25) is 0 Å². The molecule has 1 N–H and O–H groups in total. The Labute approximate surface area is 182 Å². The highest BCUT2D eigenvalue weighted by molar-refractivity contribution is 7.89. The Balaban J connectivity index is 1.60. The van der Waals surface area contributed by atoms with E-state index in [0.717, 1.165) is 18.4 Å². The fourth-order valence-corrected chi connectivity index (χ4v) is 5.02. The van der Waals surface area contributed by atoms with Gasteiger partial charge in [0.2, 0.25) is 10.0 Å². The van der Waals surface area contributed by atoms with Gasteiger partial charge in [0.05, 0.1) is 23.6 Å². The number of carbonyl (C=O) groups is 2. The normalized spacial score (nSPS) is 15.3. The molecule has 1 amide bonds. The summed E-state index contributed by atoms with van der Waals surface area (Å²) in [5.74, 6) is -0.602. The second-order valence-electron chi connectivity index (χ2n) is 7.25. The highest BCUT2D eigenvalue weighted by Crippen LogP contribution is 2.24. The highest BCUT2D eigenvalue weighted by atomic mass is 32.2. The Bertz CT molecular complexity index is 1050. The van der Waals surface area contributed by atoms with Crippen LogP contribution in [0.15, 0.2) is 53.4 Å². The lowest BCUT2D eigenvalue weighted by atomic mass is 10.1. The molecule has 1 fully saturated rings. The van der Waals surface area contributed by atoms with Gasteiger partial charge in [0.25, 0.3) is 5.91 Å². The topological polar surface area (TPSA) is 102 Å². The molecule has 0 saturated carbocycles. The van der Waals surface area contributed by atoms with Gasteiger partial charge in [-0.2, -0.15) is 4.31 Å². The molecule has 1 saturated heterocycles. The SMILES string of the molecule is COc1ccccc1C(C)NC(=O)COC(=O)c1cccc(S(=O)(=O)N2CCCC2)c1. The number of sulfonamides is 1. The molecule has 1 unspecified atom stereocenters. The third-order valence-electron chi connectivity index (χ3n) is 5.09. The molecule has 31 heavy (non-hydrogen) atoms. The van der Waals surface area contributed by atoms with E-state index in [0.29, 0.717) is 18.8 Å². The number of ether oxygens (including phenoxy) is 2. The zero-order valence-corrected chi connectivity index (χ0v) is 18.4. The molecule has 1 aliphatic heterocycles. The summed E-state index contributed by atoms with van der Waals surface area (Å²) in [6.07, 6.45) is 1.65. The zero-order valence-electron chi connectivity index (χ0n) is 17.5. The molecule has 166 valence electrons. The second-order valence-corrected chi connectivity index (χ2v) is 9.18. The summed E-state index contributed by atoms with van der Waals surface area (Å²) >= 11 is 0. The molecule has 2 aromatic carbocycles. The van der Waals surface area contributed by atoms with E-state index in [1.807, 2.05) is 18.2 Å². The first-order valence-electron chi connectivity index (χ1n) is 10.0. The molecule has 0 spiro atoms. The van der Waals surface area contributed by atoms with Crippen LogP contribution in [0.5, 0.6) is 5.75 Å². The van der Waals surface area contributed by atoms with Gasteiger partial charge < -0.3 is 14.8 Å². The first-order chi connectivity index (χ1) is 14.8. The molecule has 8 nitrogen and oxygen atoms in total. The average molecular weight is 447 g/mol. The van der Waals surface area contributed by atoms with E-state index in [2.05, 4.69) is 5.32 Å². The van der Waals surface area contributed by atoms with Crippen LogP contribution >= 0.6 is 0 Å². The lowest BCUT2D eigenvalue weighted by Gasteiger charge is -2.17. The van der Waals surface area contributed by atoms with Crippen LogP contribution in [0.4, 0.5) is 0 Å². The largest absolute Gasteiger partial charge is 0.496 e. The van der Waals surface area contributed by atoms with Gasteiger partial charge in [0.1, 0.15) is 5.75 Å². The fraction of sp³-hybridized carbons (Fsp3) is 0.364. The van der Waals surface area contributed by atoms with E-state index in [4.69, 9.17) is 9.47 Å². The number of amides is 1. The average Bonchev–Trinajstić information content (AvgIpc) is 3.33. The molecule has 1 atom stereocenters. The minimum absolute atomic E-state index is 0.0399. The van der Waals surface area contributed by atoms with Crippen molar-refractivity contribution in [2.45, 2.75) is 30.7 Å². The smallest absolute Gasteiger partial charge is 0.338 e. The number of methoxy groups -OCH3 is 1. The summed E-state index contributed by atoms with van der Waals surface area (Å²) < 4.78 is 37.1. The van der Waals surface area contributed by atoms with Crippen LogP contribution in [0.25, 0.3) is 0 Å². The summed E-state index contributed by atoms with van der Waals surface area (Å²) in [7, 11) is -2.10. The van der Waals surface area contributed by atoms with Crippen LogP contribution in [0, 0.1) is 0 Å². The maximum atomic E-state index is 12.7. The van der Waals surface area contributed by atoms with Crippen molar-refractivity contribution < 1.29 is 27.5 Å². The lowest BCUT2D eigenvalue weighted by Crippen LogP contribution is -2.31. The second kappa shape index (κ2) is 9.93. The first kappa shape index (κ1) is 22.8. The number of hydrogen-bond donors (Lipinski definition) is 1. The van der Waals surface area contributed by atoms with E-state index < -0.39 is 28.5 Å². The van der Waals surface area contributed by atoms with Gasteiger partial charge in [0, 0.05) is 18.7 Å².